The van der Waals surface area contributed by atoms with Gasteiger partial charge >= 0.3 is 5.69 Å². The van der Waals surface area contributed by atoms with Gasteiger partial charge in [-0.1, -0.05) is 42.5 Å². The maximum atomic E-state index is 13.2. The highest BCUT2D eigenvalue weighted by Crippen LogP contribution is 2.21. The molecule has 4 aromatic rings. The van der Waals surface area contributed by atoms with E-state index >= 15 is 0 Å². The van der Waals surface area contributed by atoms with E-state index in [4.69, 9.17) is 4.74 Å². The summed E-state index contributed by atoms with van der Waals surface area (Å²) in [7, 11) is 3.06. The van der Waals surface area contributed by atoms with Crippen LogP contribution in [0.1, 0.15) is 11.1 Å². The largest absolute Gasteiger partial charge is 0.497 e. The first kappa shape index (κ1) is 21.4. The van der Waals surface area contributed by atoms with Gasteiger partial charge < -0.3 is 15.2 Å². The molecule has 0 saturated heterocycles. The van der Waals surface area contributed by atoms with E-state index in [1.54, 1.807) is 11.7 Å². The van der Waals surface area contributed by atoms with E-state index in [0.717, 1.165) is 15.7 Å². The number of anilines is 1. The van der Waals surface area contributed by atoms with E-state index in [1.807, 2.05) is 54.6 Å². The molecule has 4 rings (SSSR count). The number of rotatable bonds is 8. The zero-order valence-electron chi connectivity index (χ0n) is 18.0. The lowest BCUT2D eigenvalue weighted by molar-refractivity contribution is 0.310. The molecule has 9 heteroatoms. The number of aliphatic hydroxyl groups excluding tert-OH is 1. The van der Waals surface area contributed by atoms with Crippen LogP contribution in [0.2, 0.25) is 0 Å². The highest BCUT2D eigenvalue weighted by molar-refractivity contribution is 5.74. The monoisotopic (exact) mass is 435 g/mol. The highest BCUT2D eigenvalue weighted by atomic mass is 16.5. The van der Waals surface area contributed by atoms with Crippen LogP contribution in [-0.2, 0) is 20.1 Å². The minimum Gasteiger partial charge on any atom is -0.497 e. The first-order valence-electron chi connectivity index (χ1n) is 10.2. The number of nitrogens with zero attached hydrogens (tertiary/aromatic N) is 4. The average molecular weight is 435 g/mol. The Labute approximate surface area is 184 Å². The summed E-state index contributed by atoms with van der Waals surface area (Å²) in [6, 6.07) is 17.1. The molecule has 0 aliphatic heterocycles. The third-order valence-electron chi connectivity index (χ3n) is 5.28. The molecule has 0 atom stereocenters. The van der Waals surface area contributed by atoms with Crippen molar-refractivity contribution < 1.29 is 9.84 Å². The van der Waals surface area contributed by atoms with Gasteiger partial charge in [-0.3, -0.25) is 18.5 Å². The molecule has 0 radical (unpaired) electrons. The summed E-state index contributed by atoms with van der Waals surface area (Å²) in [6.07, 6.45) is 0. The molecular weight excluding hydrogens is 410 g/mol. The number of aliphatic hydroxyl groups is 1. The maximum Gasteiger partial charge on any atom is 0.332 e. The van der Waals surface area contributed by atoms with Gasteiger partial charge in [-0.15, -0.1) is 0 Å². The zero-order chi connectivity index (χ0) is 22.7. The van der Waals surface area contributed by atoms with Crippen molar-refractivity contribution in [3.05, 3.63) is 86.6 Å². The van der Waals surface area contributed by atoms with Gasteiger partial charge in [-0.25, -0.2) is 4.79 Å². The van der Waals surface area contributed by atoms with Crippen LogP contribution in [0, 0.1) is 0 Å². The Morgan fingerprint density at radius 1 is 1.00 bits per heavy atom. The minimum absolute atomic E-state index is 0.100. The molecule has 0 bridgehead atoms. The van der Waals surface area contributed by atoms with E-state index in [0.29, 0.717) is 29.4 Å². The first-order chi connectivity index (χ1) is 15.5. The van der Waals surface area contributed by atoms with Crippen molar-refractivity contribution in [2.75, 3.05) is 25.6 Å². The summed E-state index contributed by atoms with van der Waals surface area (Å²) in [5.41, 5.74) is 1.56. The van der Waals surface area contributed by atoms with Gasteiger partial charge in [-0.2, -0.15) is 4.98 Å². The third-order valence-corrected chi connectivity index (χ3v) is 5.28. The van der Waals surface area contributed by atoms with Crippen LogP contribution in [0.4, 0.5) is 5.95 Å². The number of ether oxygens (including phenoxy) is 1. The molecule has 9 nitrogen and oxygen atoms in total. The fraction of sp³-hybridized carbons (Fsp3) is 0.261. The van der Waals surface area contributed by atoms with Gasteiger partial charge in [0.2, 0.25) is 5.95 Å². The Hall–Kier alpha value is -3.85. The van der Waals surface area contributed by atoms with E-state index in [2.05, 4.69) is 10.3 Å². The van der Waals surface area contributed by atoms with E-state index < -0.39 is 11.2 Å². The molecule has 0 spiro atoms. The maximum absolute atomic E-state index is 13.2. The molecule has 0 amide bonds. The molecule has 0 fully saturated rings. The van der Waals surface area contributed by atoms with E-state index in [-0.39, 0.29) is 19.7 Å². The Morgan fingerprint density at radius 3 is 2.44 bits per heavy atom. The molecule has 2 aromatic carbocycles. The average Bonchev–Trinajstić information content (AvgIpc) is 3.17. The van der Waals surface area contributed by atoms with Crippen molar-refractivity contribution in [3.8, 4) is 5.75 Å². The Kier molecular flexibility index (Phi) is 6.09. The number of aromatic nitrogens is 4. The van der Waals surface area contributed by atoms with Crippen molar-refractivity contribution in [3.63, 3.8) is 0 Å². The summed E-state index contributed by atoms with van der Waals surface area (Å²) in [4.78, 5) is 30.8. The van der Waals surface area contributed by atoms with Gasteiger partial charge in [0.1, 0.15) is 5.75 Å². The molecule has 0 unspecified atom stereocenters. The topological polar surface area (TPSA) is 103 Å². The van der Waals surface area contributed by atoms with Crippen molar-refractivity contribution in [1.29, 1.82) is 0 Å². The number of hydrogen-bond acceptors (Lipinski definition) is 6. The summed E-state index contributed by atoms with van der Waals surface area (Å²) >= 11 is 0. The predicted octanol–water partition coefficient (Wildman–Crippen LogP) is 1.41. The number of fused-ring (bicyclic) bond motifs is 1. The fourth-order valence-electron chi connectivity index (χ4n) is 3.68. The molecule has 0 aliphatic carbocycles. The van der Waals surface area contributed by atoms with Crippen LogP contribution in [0.3, 0.4) is 0 Å². The summed E-state index contributed by atoms with van der Waals surface area (Å²) in [5, 5.41) is 12.4. The van der Waals surface area contributed by atoms with Crippen molar-refractivity contribution in [2.24, 2.45) is 7.05 Å². The smallest absolute Gasteiger partial charge is 0.332 e. The molecule has 2 aromatic heterocycles. The second-order valence-electron chi connectivity index (χ2n) is 7.41. The lowest BCUT2D eigenvalue weighted by Gasteiger charge is -2.12. The molecule has 0 saturated carbocycles. The van der Waals surface area contributed by atoms with Crippen LogP contribution in [-0.4, -0.2) is 44.1 Å². The summed E-state index contributed by atoms with van der Waals surface area (Å²) in [5.74, 6) is 1.10. The molecule has 166 valence electrons. The van der Waals surface area contributed by atoms with Crippen LogP contribution >= 0.6 is 0 Å². The summed E-state index contributed by atoms with van der Waals surface area (Å²) < 4.78 is 9.66. The van der Waals surface area contributed by atoms with Crippen LogP contribution < -0.4 is 21.3 Å². The number of hydrogen-bond donors (Lipinski definition) is 2. The molecule has 2 N–H and O–H groups in total. The second-order valence-corrected chi connectivity index (χ2v) is 7.41. The lowest BCUT2D eigenvalue weighted by atomic mass is 10.2. The van der Waals surface area contributed by atoms with Gasteiger partial charge in [0.15, 0.2) is 11.2 Å². The first-order valence-corrected chi connectivity index (χ1v) is 10.2. The van der Waals surface area contributed by atoms with Crippen LogP contribution in [0.15, 0.2) is 64.2 Å². The lowest BCUT2D eigenvalue weighted by Crippen LogP contribution is -2.39. The van der Waals surface area contributed by atoms with E-state index in [9.17, 15) is 14.7 Å². The minimum atomic E-state index is -0.439. The van der Waals surface area contributed by atoms with Gasteiger partial charge in [0.25, 0.3) is 5.56 Å². The Balaban J connectivity index is 1.93. The second kappa shape index (κ2) is 9.11. The van der Waals surface area contributed by atoms with E-state index in [1.165, 1.54) is 11.6 Å². The third kappa shape index (κ3) is 4.02. The number of imidazole rings is 1. The standard InChI is InChI=1S/C23H25N5O4/c1-26-21(30)19-20(28(23(26)31)14-16-7-4-3-5-8-16)25-22(24-11-12-29)27(19)15-17-9-6-10-18(13-17)32-2/h3-10,13,29H,11-12,14-15H2,1-2H3,(H,24,25). The number of methoxy groups -OCH3 is 1. The molecule has 32 heavy (non-hydrogen) atoms. The Morgan fingerprint density at radius 2 is 1.72 bits per heavy atom. The summed E-state index contributed by atoms with van der Waals surface area (Å²) in [6.45, 7) is 0.766. The SMILES string of the molecule is COc1cccc(Cn2c(NCCO)nc3c2c(=O)n(C)c(=O)n3Cc2ccccc2)c1. The quantitative estimate of drug-likeness (QED) is 0.434. The molecule has 0 aliphatic rings. The normalized spacial score (nSPS) is 11.1. The highest BCUT2D eigenvalue weighted by Gasteiger charge is 2.21. The van der Waals surface area contributed by atoms with Crippen molar-refractivity contribution in [1.82, 2.24) is 18.7 Å². The van der Waals surface area contributed by atoms with Gasteiger partial charge in [0, 0.05) is 13.6 Å². The van der Waals surface area contributed by atoms with Gasteiger partial charge in [0.05, 0.1) is 26.8 Å². The number of nitrogens with one attached hydrogen (secondary N) is 1. The number of benzene rings is 2. The predicted molar refractivity (Wildman–Crippen MR) is 122 cm³/mol. The fourth-order valence-corrected chi connectivity index (χ4v) is 3.68. The Bertz CT molecular complexity index is 1350. The van der Waals surface area contributed by atoms with Gasteiger partial charge in [-0.05, 0) is 23.3 Å². The van der Waals surface area contributed by atoms with Crippen molar-refractivity contribution >= 4 is 17.1 Å². The zero-order valence-corrected chi connectivity index (χ0v) is 18.0. The van der Waals surface area contributed by atoms with Crippen LogP contribution in [0.25, 0.3) is 11.2 Å². The van der Waals surface area contributed by atoms with Crippen LogP contribution in [0.5, 0.6) is 5.75 Å². The molecule has 2 heterocycles. The molecular formula is C23H25N5O4. The van der Waals surface area contributed by atoms with Crippen molar-refractivity contribution in [2.45, 2.75) is 13.1 Å².